The Kier molecular flexibility index (Phi) is 5.75. The van der Waals surface area contributed by atoms with Crippen LogP contribution >= 0.6 is 0 Å². The van der Waals surface area contributed by atoms with Gasteiger partial charge in [-0.25, -0.2) is 4.39 Å². The van der Waals surface area contributed by atoms with E-state index < -0.39 is 0 Å². The summed E-state index contributed by atoms with van der Waals surface area (Å²) in [7, 11) is 3.48. The first-order chi connectivity index (χ1) is 16.4. The second-order valence-corrected chi connectivity index (χ2v) is 8.50. The Bertz CT molecular complexity index is 1380. The van der Waals surface area contributed by atoms with Gasteiger partial charge in [-0.05, 0) is 48.4 Å². The maximum Gasteiger partial charge on any atom is 0.256 e. The Labute approximate surface area is 196 Å². The van der Waals surface area contributed by atoms with E-state index in [9.17, 15) is 4.79 Å². The number of aromatic nitrogens is 3. The number of fused-ring (bicyclic) bond motifs is 2. The predicted molar refractivity (Wildman–Crippen MR) is 126 cm³/mol. The number of nitrogens with zero attached hydrogens (tertiary/aromatic N) is 4. The molecule has 0 saturated carbocycles. The van der Waals surface area contributed by atoms with Gasteiger partial charge in [0.15, 0.2) is 0 Å². The molecule has 2 aromatic heterocycles. The average Bonchev–Trinajstić information content (AvgIpc) is 3.38. The van der Waals surface area contributed by atoms with Gasteiger partial charge < -0.3 is 14.4 Å². The van der Waals surface area contributed by atoms with E-state index in [1.165, 1.54) is 6.07 Å². The number of hydrogen-bond acceptors (Lipinski definition) is 5. The molecule has 0 saturated heterocycles. The van der Waals surface area contributed by atoms with Crippen molar-refractivity contribution in [2.24, 2.45) is 7.05 Å². The Morgan fingerprint density at radius 2 is 2.03 bits per heavy atom. The van der Waals surface area contributed by atoms with Gasteiger partial charge in [0.25, 0.3) is 5.91 Å². The number of carbonyl (C=O) groups excluding carboxylic acids is 1. The Balaban J connectivity index is 1.41. The standard InChI is InChI=1S/C26H25FN4O3/c1-16(33-3)15-34-24-9-8-19(21-13-30(2)29-25(21)24)17-6-7-18(22(27)11-17)12-31-14-23-20(26(31)32)5-4-10-28-23/h4-11,13,16H,12,14-15H2,1-3H3/t16-/m1/s1. The molecule has 0 N–H and O–H groups in total. The van der Waals surface area contributed by atoms with E-state index >= 15 is 4.39 Å². The number of halogens is 1. The minimum absolute atomic E-state index is 0.0499. The number of amides is 1. The van der Waals surface area contributed by atoms with Gasteiger partial charge in [-0.3, -0.25) is 14.5 Å². The number of rotatable bonds is 7. The molecule has 4 aromatic rings. The summed E-state index contributed by atoms with van der Waals surface area (Å²) in [5, 5.41) is 5.42. The summed E-state index contributed by atoms with van der Waals surface area (Å²) in [4.78, 5) is 18.5. The molecule has 1 amide bonds. The van der Waals surface area contributed by atoms with Gasteiger partial charge in [-0.15, -0.1) is 0 Å². The number of pyridine rings is 1. The molecular weight excluding hydrogens is 435 g/mol. The summed E-state index contributed by atoms with van der Waals surface area (Å²) in [6, 6.07) is 12.4. The molecule has 174 valence electrons. The third-order valence-corrected chi connectivity index (χ3v) is 6.10. The number of hydrogen-bond donors (Lipinski definition) is 0. The van der Waals surface area contributed by atoms with E-state index in [4.69, 9.17) is 9.47 Å². The van der Waals surface area contributed by atoms with Gasteiger partial charge in [0.1, 0.15) is 23.7 Å². The van der Waals surface area contributed by atoms with E-state index in [1.807, 2.05) is 38.4 Å². The van der Waals surface area contributed by atoms with Crippen LogP contribution in [0.4, 0.5) is 4.39 Å². The van der Waals surface area contributed by atoms with E-state index in [2.05, 4.69) is 10.1 Å². The fourth-order valence-corrected chi connectivity index (χ4v) is 4.20. The Morgan fingerprint density at radius 1 is 1.18 bits per heavy atom. The summed E-state index contributed by atoms with van der Waals surface area (Å²) in [6.07, 6.45) is 3.51. The van der Waals surface area contributed by atoms with Crippen LogP contribution in [0, 0.1) is 5.82 Å². The first kappa shape index (κ1) is 22.0. The van der Waals surface area contributed by atoms with Crippen molar-refractivity contribution in [2.75, 3.05) is 13.7 Å². The molecule has 1 aliphatic rings. The smallest absolute Gasteiger partial charge is 0.256 e. The molecule has 3 heterocycles. The highest BCUT2D eigenvalue weighted by molar-refractivity contribution is 5.98. The molecule has 0 spiro atoms. The van der Waals surface area contributed by atoms with Crippen molar-refractivity contribution < 1.29 is 18.7 Å². The number of ether oxygens (including phenoxy) is 2. The highest BCUT2D eigenvalue weighted by Crippen LogP contribution is 2.35. The van der Waals surface area contributed by atoms with Gasteiger partial charge in [0, 0.05) is 44.0 Å². The minimum Gasteiger partial charge on any atom is -0.489 e. The van der Waals surface area contributed by atoms with Gasteiger partial charge in [0.05, 0.1) is 23.9 Å². The second-order valence-electron chi connectivity index (χ2n) is 8.50. The highest BCUT2D eigenvalue weighted by Gasteiger charge is 2.28. The van der Waals surface area contributed by atoms with Crippen LogP contribution in [0.25, 0.3) is 22.0 Å². The molecule has 1 atom stereocenters. The third kappa shape index (κ3) is 4.01. The molecular formula is C26H25FN4O3. The summed E-state index contributed by atoms with van der Waals surface area (Å²) in [5.74, 6) is 0.170. The van der Waals surface area contributed by atoms with Crippen molar-refractivity contribution in [2.45, 2.75) is 26.1 Å². The second kappa shape index (κ2) is 8.87. The van der Waals surface area contributed by atoms with Crippen LogP contribution in [0.2, 0.25) is 0 Å². The first-order valence-electron chi connectivity index (χ1n) is 11.1. The maximum atomic E-state index is 15.2. The van der Waals surface area contributed by atoms with E-state index in [1.54, 1.807) is 41.1 Å². The van der Waals surface area contributed by atoms with Crippen LogP contribution in [0.15, 0.2) is 54.9 Å². The summed E-state index contributed by atoms with van der Waals surface area (Å²) in [6.45, 7) is 2.91. The molecule has 1 aliphatic heterocycles. The van der Waals surface area contributed by atoms with E-state index in [-0.39, 0.29) is 24.4 Å². The fourth-order valence-electron chi connectivity index (χ4n) is 4.20. The summed E-state index contributed by atoms with van der Waals surface area (Å²) >= 11 is 0. The van der Waals surface area contributed by atoms with Crippen molar-refractivity contribution >= 4 is 16.8 Å². The molecule has 8 heteroatoms. The number of benzene rings is 2. The average molecular weight is 461 g/mol. The fraction of sp³-hybridized carbons (Fsp3) is 0.269. The molecule has 7 nitrogen and oxygen atoms in total. The molecule has 5 rings (SSSR count). The molecule has 0 fully saturated rings. The zero-order chi connectivity index (χ0) is 23.8. The van der Waals surface area contributed by atoms with Crippen LogP contribution in [0.5, 0.6) is 5.75 Å². The third-order valence-electron chi connectivity index (χ3n) is 6.10. The number of carbonyl (C=O) groups is 1. The molecule has 2 aromatic carbocycles. The normalized spacial score (nSPS) is 14.0. The molecule has 34 heavy (non-hydrogen) atoms. The first-order valence-corrected chi connectivity index (χ1v) is 11.1. The largest absolute Gasteiger partial charge is 0.489 e. The lowest BCUT2D eigenvalue weighted by Crippen LogP contribution is -2.23. The Hall–Kier alpha value is -3.78. The van der Waals surface area contributed by atoms with Crippen LogP contribution in [0.1, 0.15) is 28.5 Å². The zero-order valence-corrected chi connectivity index (χ0v) is 19.3. The van der Waals surface area contributed by atoms with Crippen molar-refractivity contribution in [3.05, 3.63) is 77.5 Å². The summed E-state index contributed by atoms with van der Waals surface area (Å²) in [5.41, 5.74) is 4.07. The van der Waals surface area contributed by atoms with Crippen LogP contribution < -0.4 is 4.74 Å². The van der Waals surface area contributed by atoms with Gasteiger partial charge in [-0.2, -0.15) is 5.10 Å². The molecule has 0 aliphatic carbocycles. The maximum absolute atomic E-state index is 15.2. The molecule has 0 bridgehead atoms. The lowest BCUT2D eigenvalue weighted by molar-refractivity contribution is 0.0721. The van der Waals surface area contributed by atoms with Crippen LogP contribution in [-0.4, -0.2) is 45.4 Å². The van der Waals surface area contributed by atoms with Gasteiger partial charge >= 0.3 is 0 Å². The van der Waals surface area contributed by atoms with Crippen molar-refractivity contribution in [3.8, 4) is 16.9 Å². The van der Waals surface area contributed by atoms with Crippen molar-refractivity contribution in [3.63, 3.8) is 0 Å². The van der Waals surface area contributed by atoms with Crippen molar-refractivity contribution in [1.29, 1.82) is 0 Å². The highest BCUT2D eigenvalue weighted by atomic mass is 19.1. The van der Waals surface area contributed by atoms with Gasteiger partial charge in [-0.1, -0.05) is 12.1 Å². The summed E-state index contributed by atoms with van der Waals surface area (Å²) < 4.78 is 28.1. The minimum atomic E-state index is -0.361. The lowest BCUT2D eigenvalue weighted by atomic mass is 9.99. The van der Waals surface area contributed by atoms with Crippen LogP contribution in [0.3, 0.4) is 0 Å². The Morgan fingerprint density at radius 3 is 2.79 bits per heavy atom. The van der Waals surface area contributed by atoms with E-state index in [0.717, 1.165) is 22.2 Å². The van der Waals surface area contributed by atoms with Crippen molar-refractivity contribution in [1.82, 2.24) is 19.7 Å². The topological polar surface area (TPSA) is 69.5 Å². The van der Waals surface area contributed by atoms with E-state index in [0.29, 0.717) is 35.5 Å². The molecule has 0 unspecified atom stereocenters. The monoisotopic (exact) mass is 460 g/mol. The zero-order valence-electron chi connectivity index (χ0n) is 19.3. The lowest BCUT2D eigenvalue weighted by Gasteiger charge is -2.16. The van der Waals surface area contributed by atoms with Crippen LogP contribution in [-0.2, 0) is 24.9 Å². The predicted octanol–water partition coefficient (Wildman–Crippen LogP) is 4.34. The SMILES string of the molecule is CO[C@H](C)COc1ccc(-c2ccc(CN3Cc4ncccc4C3=O)c(F)c2)c2cn(C)nc12. The van der Waals surface area contributed by atoms with Gasteiger partial charge in [0.2, 0.25) is 0 Å². The molecule has 0 radical (unpaired) electrons. The number of aryl methyl sites for hydroxylation is 1. The quantitative estimate of drug-likeness (QED) is 0.410. The number of methoxy groups -OCH3 is 1.